The van der Waals surface area contributed by atoms with Crippen LogP contribution in [-0.4, -0.2) is 21.0 Å². The normalized spacial score (nSPS) is 12.0. The Bertz CT molecular complexity index is 1110. The van der Waals surface area contributed by atoms with Crippen molar-refractivity contribution in [3.05, 3.63) is 71.1 Å². The Hall–Kier alpha value is -2.48. The molecule has 2 aromatic carbocycles. The van der Waals surface area contributed by atoms with E-state index in [1.165, 1.54) is 0 Å². The first-order valence-electron chi connectivity index (χ1n) is 10.3. The second kappa shape index (κ2) is 9.98. The molecule has 0 unspecified atom stereocenters. The largest absolute Gasteiger partial charge is 0.397 e. The standard InChI is InChI=1S/C23H28N3O4PS/c1-3-23(4-2,31(28,29)30)25-15-16-7-9-17(10-8-16)22(27)26-20-14-18(11-12-19(20)24)21-6-5-13-32-21/h5-14,25H,3-4,15,24H2,1-2H3,(H,26,27)(H2,28,29,30). The van der Waals surface area contributed by atoms with Gasteiger partial charge in [0.15, 0.2) is 0 Å². The molecule has 0 aliphatic heterocycles. The Morgan fingerprint density at radius 2 is 1.78 bits per heavy atom. The molecule has 1 aromatic heterocycles. The molecule has 0 aliphatic rings. The average molecular weight is 474 g/mol. The zero-order chi connectivity index (χ0) is 23.4. The first-order chi connectivity index (χ1) is 15.2. The predicted molar refractivity (Wildman–Crippen MR) is 131 cm³/mol. The fourth-order valence-corrected chi connectivity index (χ4v) is 5.34. The number of hydrogen-bond acceptors (Lipinski definition) is 5. The third kappa shape index (κ3) is 5.28. The van der Waals surface area contributed by atoms with Crippen molar-refractivity contribution in [2.75, 3.05) is 11.1 Å². The maximum atomic E-state index is 12.7. The number of anilines is 2. The lowest BCUT2D eigenvalue weighted by Crippen LogP contribution is -2.43. The van der Waals surface area contributed by atoms with E-state index in [1.54, 1.807) is 55.5 Å². The average Bonchev–Trinajstić information content (AvgIpc) is 3.31. The van der Waals surface area contributed by atoms with Crippen molar-refractivity contribution in [2.24, 2.45) is 0 Å². The molecule has 0 bridgehead atoms. The Balaban J connectivity index is 1.70. The molecule has 7 nitrogen and oxygen atoms in total. The number of benzene rings is 2. The van der Waals surface area contributed by atoms with Crippen LogP contribution in [0, 0.1) is 0 Å². The molecule has 9 heteroatoms. The molecule has 6 N–H and O–H groups in total. The van der Waals surface area contributed by atoms with E-state index in [2.05, 4.69) is 10.6 Å². The van der Waals surface area contributed by atoms with Crippen LogP contribution in [0.15, 0.2) is 60.0 Å². The summed E-state index contributed by atoms with van der Waals surface area (Å²) in [7, 11) is -4.32. The summed E-state index contributed by atoms with van der Waals surface area (Å²) in [4.78, 5) is 33.3. The lowest BCUT2D eigenvalue weighted by atomic mass is 10.1. The van der Waals surface area contributed by atoms with Crippen LogP contribution in [-0.2, 0) is 11.1 Å². The molecule has 0 spiro atoms. The van der Waals surface area contributed by atoms with Crippen LogP contribution in [0.25, 0.3) is 10.4 Å². The maximum absolute atomic E-state index is 12.7. The van der Waals surface area contributed by atoms with E-state index in [1.807, 2.05) is 29.6 Å². The minimum atomic E-state index is -4.32. The van der Waals surface area contributed by atoms with Crippen molar-refractivity contribution in [1.82, 2.24) is 5.32 Å². The van der Waals surface area contributed by atoms with E-state index in [0.29, 0.717) is 29.8 Å². The number of carbonyl (C=O) groups is 1. The summed E-state index contributed by atoms with van der Waals surface area (Å²) >= 11 is 1.61. The molecule has 1 heterocycles. The van der Waals surface area contributed by atoms with E-state index < -0.39 is 12.9 Å². The van der Waals surface area contributed by atoms with Gasteiger partial charge < -0.3 is 20.8 Å². The maximum Gasteiger partial charge on any atom is 0.345 e. The van der Waals surface area contributed by atoms with Crippen molar-refractivity contribution in [3.63, 3.8) is 0 Å². The summed E-state index contributed by atoms with van der Waals surface area (Å²) < 4.78 is 11.9. The number of thiophene rings is 1. The molecule has 0 saturated heterocycles. The molecular weight excluding hydrogens is 445 g/mol. The molecule has 1 amide bonds. The number of nitrogens with one attached hydrogen (secondary N) is 2. The lowest BCUT2D eigenvalue weighted by Gasteiger charge is -2.33. The van der Waals surface area contributed by atoms with Crippen molar-refractivity contribution in [1.29, 1.82) is 0 Å². The highest BCUT2D eigenvalue weighted by Crippen LogP contribution is 2.52. The molecular formula is C23H28N3O4PS. The third-order valence-corrected chi connectivity index (χ3v) is 8.50. The van der Waals surface area contributed by atoms with E-state index in [4.69, 9.17) is 5.73 Å². The highest BCUT2D eigenvalue weighted by atomic mass is 32.1. The monoisotopic (exact) mass is 473 g/mol. The zero-order valence-corrected chi connectivity index (χ0v) is 19.7. The fourth-order valence-electron chi connectivity index (χ4n) is 3.51. The number of nitrogens with two attached hydrogens (primary N) is 1. The second-order valence-electron chi connectivity index (χ2n) is 7.57. The zero-order valence-electron chi connectivity index (χ0n) is 18.0. The molecule has 0 atom stereocenters. The van der Waals surface area contributed by atoms with Gasteiger partial charge in [-0.3, -0.25) is 14.7 Å². The summed E-state index contributed by atoms with van der Waals surface area (Å²) in [6, 6.07) is 16.4. The SMILES string of the molecule is CCC(CC)(NCc1ccc(C(=O)Nc2cc(-c3cccs3)ccc2N)cc1)P(=O)(O)O. The molecule has 0 aliphatic carbocycles. The fraction of sp³-hybridized carbons (Fsp3) is 0.261. The quantitative estimate of drug-likeness (QED) is 0.219. The van der Waals surface area contributed by atoms with Crippen LogP contribution >= 0.6 is 18.9 Å². The highest BCUT2D eigenvalue weighted by Gasteiger charge is 2.43. The Kier molecular flexibility index (Phi) is 7.54. The van der Waals surface area contributed by atoms with Gasteiger partial charge in [-0.1, -0.05) is 38.1 Å². The van der Waals surface area contributed by atoms with Gasteiger partial charge in [0.1, 0.15) is 5.28 Å². The van der Waals surface area contributed by atoms with Crippen molar-refractivity contribution in [3.8, 4) is 10.4 Å². The smallest absolute Gasteiger partial charge is 0.345 e. The number of carbonyl (C=O) groups excluding carboxylic acids is 1. The molecule has 3 aromatic rings. The third-order valence-electron chi connectivity index (χ3n) is 5.67. The summed E-state index contributed by atoms with van der Waals surface area (Å²) in [6.45, 7) is 3.79. The number of nitrogen functional groups attached to an aromatic ring is 1. The van der Waals surface area contributed by atoms with Crippen molar-refractivity contribution < 1.29 is 19.1 Å². The predicted octanol–water partition coefficient (Wildman–Crippen LogP) is 5.03. The van der Waals surface area contributed by atoms with Crippen LogP contribution < -0.4 is 16.4 Å². The minimum absolute atomic E-state index is 0.282. The minimum Gasteiger partial charge on any atom is -0.397 e. The number of amides is 1. The van der Waals surface area contributed by atoms with Gasteiger partial charge in [0.2, 0.25) is 0 Å². The van der Waals surface area contributed by atoms with Gasteiger partial charge >= 0.3 is 7.60 Å². The summed E-state index contributed by atoms with van der Waals surface area (Å²) in [5.74, 6) is -0.286. The van der Waals surface area contributed by atoms with Gasteiger partial charge in [-0.2, -0.15) is 0 Å². The van der Waals surface area contributed by atoms with Gasteiger partial charge in [0, 0.05) is 17.0 Å². The first-order valence-corrected chi connectivity index (χ1v) is 12.8. The Morgan fingerprint density at radius 1 is 1.09 bits per heavy atom. The van der Waals surface area contributed by atoms with E-state index >= 15 is 0 Å². The number of rotatable bonds is 9. The second-order valence-corrected chi connectivity index (χ2v) is 10.5. The molecule has 0 saturated carbocycles. The van der Waals surface area contributed by atoms with E-state index in [0.717, 1.165) is 16.0 Å². The lowest BCUT2D eigenvalue weighted by molar-refractivity contribution is 0.102. The van der Waals surface area contributed by atoms with Gasteiger partial charge in [-0.05, 0) is 59.7 Å². The molecule has 0 fully saturated rings. The summed E-state index contributed by atoms with van der Waals surface area (Å²) in [5, 5.41) is 6.63. The highest BCUT2D eigenvalue weighted by molar-refractivity contribution is 7.53. The number of hydrogen-bond donors (Lipinski definition) is 5. The van der Waals surface area contributed by atoms with Crippen molar-refractivity contribution in [2.45, 2.75) is 38.5 Å². The Morgan fingerprint density at radius 3 is 2.34 bits per heavy atom. The molecule has 170 valence electrons. The van der Waals surface area contributed by atoms with Crippen LogP contribution in [0.3, 0.4) is 0 Å². The van der Waals surface area contributed by atoms with Gasteiger partial charge in [-0.25, -0.2) is 0 Å². The van der Waals surface area contributed by atoms with Crippen LogP contribution in [0.4, 0.5) is 11.4 Å². The summed E-state index contributed by atoms with van der Waals surface area (Å²) in [6.07, 6.45) is 0.612. The molecule has 32 heavy (non-hydrogen) atoms. The van der Waals surface area contributed by atoms with Crippen LogP contribution in [0.1, 0.15) is 42.6 Å². The summed E-state index contributed by atoms with van der Waals surface area (Å²) in [5.41, 5.74) is 9.33. The molecule has 0 radical (unpaired) electrons. The van der Waals surface area contributed by atoms with Crippen LogP contribution in [0.2, 0.25) is 0 Å². The van der Waals surface area contributed by atoms with Gasteiger partial charge in [0.05, 0.1) is 11.4 Å². The topological polar surface area (TPSA) is 125 Å². The van der Waals surface area contributed by atoms with Crippen LogP contribution in [0.5, 0.6) is 0 Å². The van der Waals surface area contributed by atoms with Gasteiger partial charge in [0.25, 0.3) is 5.91 Å². The first kappa shape index (κ1) is 24.2. The molecule has 3 rings (SSSR count). The van der Waals surface area contributed by atoms with E-state index in [9.17, 15) is 19.1 Å². The van der Waals surface area contributed by atoms with E-state index in [-0.39, 0.29) is 12.5 Å². The van der Waals surface area contributed by atoms with Crippen molar-refractivity contribution >= 4 is 36.2 Å². The Labute approximate surface area is 191 Å². The van der Waals surface area contributed by atoms with Gasteiger partial charge in [-0.15, -0.1) is 11.3 Å².